The molecule has 0 atom stereocenters. The first kappa shape index (κ1) is 21.7. The molecular weight excluding hydrogens is 439 g/mol. The van der Waals surface area contributed by atoms with Crippen LogP contribution in [0.15, 0.2) is 35.2 Å². The molecule has 0 aliphatic carbocycles. The fraction of sp³-hybridized carbons (Fsp3) is 0.316. The zero-order valence-corrected chi connectivity index (χ0v) is 18.2. The van der Waals surface area contributed by atoms with E-state index in [1.54, 1.807) is 13.0 Å². The van der Waals surface area contributed by atoms with Crippen LogP contribution < -0.4 is 4.74 Å². The lowest BCUT2D eigenvalue weighted by atomic mass is 10.1. The van der Waals surface area contributed by atoms with Crippen molar-refractivity contribution in [1.82, 2.24) is 9.21 Å². The Kier molecular flexibility index (Phi) is 6.28. The number of carbonyl (C=O) groups excluding carboxylic acids is 1. The highest BCUT2D eigenvalue weighted by molar-refractivity contribution is 7.89. The number of rotatable bonds is 4. The molecule has 2 aromatic rings. The predicted molar refractivity (Wildman–Crippen MR) is 111 cm³/mol. The zero-order valence-electron chi connectivity index (χ0n) is 15.9. The standard InChI is InChI=1S/C19H20Cl2N2O5S/c1-12-3-4-16(24)17(9-12)29(26,27)23-7-5-22(6-8-23)19(25)13-10-14(20)18(28-2)15(21)11-13/h3-4,9-11,24H,5-8H2,1-2H3. The highest BCUT2D eigenvalue weighted by Crippen LogP contribution is 2.34. The number of amides is 1. The Balaban J connectivity index is 1.75. The first-order valence-electron chi connectivity index (χ1n) is 8.77. The molecule has 1 saturated heterocycles. The number of piperazine rings is 1. The Morgan fingerprint density at radius 1 is 1.07 bits per heavy atom. The SMILES string of the molecule is COc1c(Cl)cc(C(=O)N2CCN(S(=O)(=O)c3cc(C)ccc3O)CC2)cc1Cl. The molecule has 29 heavy (non-hydrogen) atoms. The topological polar surface area (TPSA) is 87.2 Å². The molecule has 0 radical (unpaired) electrons. The van der Waals surface area contributed by atoms with Crippen molar-refractivity contribution >= 4 is 39.1 Å². The van der Waals surface area contributed by atoms with E-state index in [0.29, 0.717) is 11.3 Å². The van der Waals surface area contributed by atoms with Gasteiger partial charge < -0.3 is 14.7 Å². The summed E-state index contributed by atoms with van der Waals surface area (Å²) in [5.74, 6) is -0.303. The first-order valence-corrected chi connectivity index (χ1v) is 11.0. The lowest BCUT2D eigenvalue weighted by Gasteiger charge is -2.34. The van der Waals surface area contributed by atoms with Crippen LogP contribution in [0.2, 0.25) is 10.0 Å². The summed E-state index contributed by atoms with van der Waals surface area (Å²) in [6.45, 7) is 2.37. The molecule has 0 bridgehead atoms. The minimum absolute atomic E-state index is 0.110. The van der Waals surface area contributed by atoms with Gasteiger partial charge in [0.05, 0.1) is 17.2 Å². The number of benzene rings is 2. The lowest BCUT2D eigenvalue weighted by Crippen LogP contribution is -2.50. The molecule has 3 rings (SSSR count). The van der Waals surface area contributed by atoms with Gasteiger partial charge in [0.25, 0.3) is 5.91 Å². The summed E-state index contributed by atoms with van der Waals surface area (Å²) in [5.41, 5.74) is 1.02. The third-order valence-electron chi connectivity index (χ3n) is 4.71. The van der Waals surface area contributed by atoms with E-state index in [4.69, 9.17) is 27.9 Å². The fourth-order valence-electron chi connectivity index (χ4n) is 3.16. The second kappa shape index (κ2) is 8.39. The molecule has 0 aromatic heterocycles. The number of hydrogen-bond acceptors (Lipinski definition) is 5. The number of ether oxygens (including phenoxy) is 1. The summed E-state index contributed by atoms with van der Waals surface area (Å²) in [7, 11) is -2.43. The van der Waals surface area contributed by atoms with E-state index in [1.807, 2.05) is 0 Å². The highest BCUT2D eigenvalue weighted by atomic mass is 35.5. The number of phenols is 1. The first-order chi connectivity index (χ1) is 13.6. The lowest BCUT2D eigenvalue weighted by molar-refractivity contribution is 0.0697. The maximum atomic E-state index is 12.9. The molecule has 7 nitrogen and oxygen atoms in total. The quantitative estimate of drug-likeness (QED) is 0.759. The van der Waals surface area contributed by atoms with Gasteiger partial charge in [0.1, 0.15) is 10.6 Å². The van der Waals surface area contributed by atoms with Gasteiger partial charge in [-0.05, 0) is 36.8 Å². The Hall–Kier alpha value is -2.00. The predicted octanol–water partition coefficient (Wildman–Crippen LogP) is 3.16. The monoisotopic (exact) mass is 458 g/mol. The van der Waals surface area contributed by atoms with Crippen molar-refractivity contribution in [1.29, 1.82) is 0 Å². The summed E-state index contributed by atoms with van der Waals surface area (Å²) in [6, 6.07) is 7.38. The van der Waals surface area contributed by atoms with Crippen molar-refractivity contribution < 1.29 is 23.1 Å². The molecule has 0 saturated carbocycles. The number of aromatic hydroxyl groups is 1. The third kappa shape index (κ3) is 4.30. The van der Waals surface area contributed by atoms with Crippen LogP contribution in [0, 0.1) is 6.92 Å². The molecule has 1 aliphatic heterocycles. The summed E-state index contributed by atoms with van der Waals surface area (Å²) < 4.78 is 32.1. The van der Waals surface area contributed by atoms with Gasteiger partial charge in [0.2, 0.25) is 10.0 Å². The van der Waals surface area contributed by atoms with Crippen LogP contribution in [0.4, 0.5) is 0 Å². The maximum absolute atomic E-state index is 12.9. The smallest absolute Gasteiger partial charge is 0.254 e. The van der Waals surface area contributed by atoms with Crippen molar-refractivity contribution in [2.45, 2.75) is 11.8 Å². The molecule has 0 spiro atoms. The van der Waals surface area contributed by atoms with Crippen molar-refractivity contribution in [2.24, 2.45) is 0 Å². The number of carbonyl (C=O) groups is 1. The van der Waals surface area contributed by atoms with Gasteiger partial charge in [-0.25, -0.2) is 8.42 Å². The molecule has 0 unspecified atom stereocenters. The average Bonchev–Trinajstić information content (AvgIpc) is 2.69. The van der Waals surface area contributed by atoms with Crippen molar-refractivity contribution in [3.8, 4) is 11.5 Å². The Morgan fingerprint density at radius 3 is 2.21 bits per heavy atom. The number of sulfonamides is 1. The van der Waals surface area contributed by atoms with Gasteiger partial charge in [0, 0.05) is 31.7 Å². The van der Waals surface area contributed by atoms with E-state index in [1.165, 1.54) is 40.6 Å². The van der Waals surface area contributed by atoms with Gasteiger partial charge in [-0.1, -0.05) is 29.3 Å². The van der Waals surface area contributed by atoms with E-state index >= 15 is 0 Å². The van der Waals surface area contributed by atoms with Gasteiger partial charge in [-0.15, -0.1) is 0 Å². The second-order valence-electron chi connectivity index (χ2n) is 6.64. The minimum Gasteiger partial charge on any atom is -0.507 e. The van der Waals surface area contributed by atoms with Gasteiger partial charge >= 0.3 is 0 Å². The summed E-state index contributed by atoms with van der Waals surface area (Å²) >= 11 is 12.2. The maximum Gasteiger partial charge on any atom is 0.254 e. The van der Waals surface area contributed by atoms with Crippen LogP contribution in [-0.4, -0.2) is 61.9 Å². The molecule has 1 aliphatic rings. The van der Waals surface area contributed by atoms with Crippen LogP contribution in [-0.2, 0) is 10.0 Å². The van der Waals surface area contributed by atoms with Gasteiger partial charge in [-0.3, -0.25) is 4.79 Å². The van der Waals surface area contributed by atoms with Crippen LogP contribution >= 0.6 is 23.2 Å². The zero-order chi connectivity index (χ0) is 21.3. The van der Waals surface area contributed by atoms with Crippen molar-refractivity contribution in [2.75, 3.05) is 33.3 Å². The van der Waals surface area contributed by atoms with E-state index in [2.05, 4.69) is 0 Å². The van der Waals surface area contributed by atoms with E-state index in [0.717, 1.165) is 5.56 Å². The molecule has 2 aromatic carbocycles. The Bertz CT molecular complexity index is 1030. The number of aryl methyl sites for hydroxylation is 1. The number of methoxy groups -OCH3 is 1. The Labute approximate surface area is 179 Å². The molecule has 1 amide bonds. The van der Waals surface area contributed by atoms with Crippen LogP contribution in [0.5, 0.6) is 11.5 Å². The van der Waals surface area contributed by atoms with Gasteiger partial charge in [0.15, 0.2) is 5.75 Å². The summed E-state index contributed by atoms with van der Waals surface area (Å²) in [6.07, 6.45) is 0. The number of halogens is 2. The molecule has 1 heterocycles. The largest absolute Gasteiger partial charge is 0.507 e. The minimum atomic E-state index is -3.86. The normalized spacial score (nSPS) is 15.4. The van der Waals surface area contributed by atoms with E-state index in [-0.39, 0.29) is 52.8 Å². The highest BCUT2D eigenvalue weighted by Gasteiger charge is 2.32. The van der Waals surface area contributed by atoms with E-state index < -0.39 is 10.0 Å². The van der Waals surface area contributed by atoms with E-state index in [9.17, 15) is 18.3 Å². The summed E-state index contributed by atoms with van der Waals surface area (Å²) in [5, 5.41) is 10.4. The third-order valence-corrected chi connectivity index (χ3v) is 7.20. The van der Waals surface area contributed by atoms with Crippen molar-refractivity contribution in [3.05, 3.63) is 51.5 Å². The van der Waals surface area contributed by atoms with Crippen LogP contribution in [0.3, 0.4) is 0 Å². The number of hydrogen-bond donors (Lipinski definition) is 1. The Morgan fingerprint density at radius 2 is 1.66 bits per heavy atom. The molecule has 10 heteroatoms. The number of nitrogens with zero attached hydrogens (tertiary/aromatic N) is 2. The van der Waals surface area contributed by atoms with Crippen LogP contribution in [0.25, 0.3) is 0 Å². The fourth-order valence-corrected chi connectivity index (χ4v) is 5.39. The second-order valence-corrected chi connectivity index (χ2v) is 9.36. The molecule has 1 fully saturated rings. The molecular formula is C19H20Cl2N2O5S. The number of phenolic OH excluding ortho intramolecular Hbond substituents is 1. The summed E-state index contributed by atoms with van der Waals surface area (Å²) in [4.78, 5) is 14.2. The van der Waals surface area contributed by atoms with Crippen molar-refractivity contribution in [3.63, 3.8) is 0 Å². The van der Waals surface area contributed by atoms with Crippen LogP contribution in [0.1, 0.15) is 15.9 Å². The molecule has 1 N–H and O–H groups in total. The average molecular weight is 459 g/mol. The van der Waals surface area contributed by atoms with Gasteiger partial charge in [-0.2, -0.15) is 4.31 Å². The molecule has 156 valence electrons.